The van der Waals surface area contributed by atoms with Crippen LogP contribution in [0.2, 0.25) is 0 Å². The molecule has 0 aromatic heterocycles. The number of unbranched alkanes of at least 4 members (excludes halogenated alkanes) is 2. The highest BCUT2D eigenvalue weighted by molar-refractivity contribution is 9.10. The molecule has 0 fully saturated rings. The number of aliphatic carboxylic acids is 1. The maximum Gasteiger partial charge on any atom is 0.319 e. The van der Waals surface area contributed by atoms with Crippen LogP contribution in [0, 0.1) is 5.82 Å². The summed E-state index contributed by atoms with van der Waals surface area (Å²) in [6.45, 7) is 0.449. The molecule has 0 aliphatic carbocycles. The first kappa shape index (κ1) is 16.4. The van der Waals surface area contributed by atoms with Crippen molar-refractivity contribution in [2.45, 2.75) is 25.7 Å². The lowest BCUT2D eigenvalue weighted by Gasteiger charge is -2.08. The van der Waals surface area contributed by atoms with E-state index in [1.165, 1.54) is 12.1 Å². The van der Waals surface area contributed by atoms with Gasteiger partial charge in [-0.25, -0.2) is 9.18 Å². The number of rotatable bonds is 7. The van der Waals surface area contributed by atoms with E-state index in [0.717, 1.165) is 6.42 Å². The van der Waals surface area contributed by atoms with E-state index in [2.05, 4.69) is 26.6 Å². The molecule has 1 rings (SSSR count). The zero-order valence-corrected chi connectivity index (χ0v) is 12.4. The highest BCUT2D eigenvalue weighted by atomic mass is 79.9. The fourth-order valence-electron chi connectivity index (χ4n) is 1.53. The third-order valence-corrected chi connectivity index (χ3v) is 3.17. The van der Waals surface area contributed by atoms with Gasteiger partial charge in [-0.05, 0) is 47.0 Å². The topological polar surface area (TPSA) is 78.4 Å². The van der Waals surface area contributed by atoms with E-state index in [4.69, 9.17) is 5.11 Å². The van der Waals surface area contributed by atoms with Crippen molar-refractivity contribution in [3.05, 3.63) is 28.5 Å². The van der Waals surface area contributed by atoms with Crippen molar-refractivity contribution in [3.8, 4) is 0 Å². The summed E-state index contributed by atoms with van der Waals surface area (Å²) in [7, 11) is 0. The summed E-state index contributed by atoms with van der Waals surface area (Å²) in [6, 6.07) is 3.90. The summed E-state index contributed by atoms with van der Waals surface area (Å²) in [6.07, 6.45) is 2.18. The lowest BCUT2D eigenvalue weighted by molar-refractivity contribution is -0.137. The maximum absolute atomic E-state index is 13.2. The van der Waals surface area contributed by atoms with Gasteiger partial charge < -0.3 is 15.7 Å². The van der Waals surface area contributed by atoms with Gasteiger partial charge in [0.1, 0.15) is 5.82 Å². The number of hydrogen-bond donors (Lipinski definition) is 3. The lowest BCUT2D eigenvalue weighted by Crippen LogP contribution is -2.29. The van der Waals surface area contributed by atoms with Crippen LogP contribution in [0.4, 0.5) is 14.9 Å². The molecule has 0 aliphatic heterocycles. The number of carboxylic acid groups (broad SMARTS) is 1. The average Bonchev–Trinajstić information content (AvgIpc) is 2.38. The number of halogens is 2. The van der Waals surface area contributed by atoms with Gasteiger partial charge >= 0.3 is 12.0 Å². The van der Waals surface area contributed by atoms with Crippen LogP contribution in [0.3, 0.4) is 0 Å². The molecule has 0 heterocycles. The predicted octanol–water partition coefficient (Wildman–Crippen LogP) is 3.35. The molecular weight excluding hydrogens is 331 g/mol. The number of carbonyl (C=O) groups is 2. The van der Waals surface area contributed by atoms with Gasteiger partial charge in [0, 0.05) is 18.7 Å². The maximum atomic E-state index is 13.2. The fourth-order valence-corrected chi connectivity index (χ4v) is 1.78. The van der Waals surface area contributed by atoms with Crippen LogP contribution in [-0.2, 0) is 4.79 Å². The third-order valence-electron chi connectivity index (χ3n) is 2.53. The molecule has 0 saturated heterocycles. The third kappa shape index (κ3) is 6.51. The van der Waals surface area contributed by atoms with Crippen LogP contribution in [0.15, 0.2) is 22.7 Å². The molecule has 0 saturated carbocycles. The number of benzene rings is 1. The monoisotopic (exact) mass is 346 g/mol. The van der Waals surface area contributed by atoms with Gasteiger partial charge in [-0.1, -0.05) is 6.42 Å². The van der Waals surface area contributed by atoms with Crippen molar-refractivity contribution in [3.63, 3.8) is 0 Å². The van der Waals surface area contributed by atoms with Crippen molar-refractivity contribution in [2.75, 3.05) is 11.9 Å². The SMILES string of the molecule is O=C(O)CCCCCNC(=O)Nc1ccc(Br)c(F)c1. The van der Waals surface area contributed by atoms with E-state index in [-0.39, 0.29) is 6.42 Å². The van der Waals surface area contributed by atoms with Crippen LogP contribution in [0.25, 0.3) is 0 Å². The second kappa shape index (κ2) is 8.52. The second-order valence-corrected chi connectivity index (χ2v) is 5.07. The van der Waals surface area contributed by atoms with E-state index < -0.39 is 17.8 Å². The molecule has 0 spiro atoms. The largest absolute Gasteiger partial charge is 0.481 e. The average molecular weight is 347 g/mol. The molecule has 0 unspecified atom stereocenters. The Morgan fingerprint density at radius 1 is 1.25 bits per heavy atom. The quantitative estimate of drug-likeness (QED) is 0.662. The number of urea groups is 1. The van der Waals surface area contributed by atoms with Crippen LogP contribution >= 0.6 is 15.9 Å². The molecule has 0 bridgehead atoms. The predicted molar refractivity (Wildman–Crippen MR) is 77.2 cm³/mol. The van der Waals surface area contributed by atoms with Crippen LogP contribution in [0.1, 0.15) is 25.7 Å². The molecule has 5 nitrogen and oxygen atoms in total. The van der Waals surface area contributed by atoms with Crippen molar-refractivity contribution < 1.29 is 19.1 Å². The minimum Gasteiger partial charge on any atom is -0.481 e. The van der Waals surface area contributed by atoms with Gasteiger partial charge in [0.25, 0.3) is 0 Å². The second-order valence-electron chi connectivity index (χ2n) is 4.21. The van der Waals surface area contributed by atoms with Gasteiger partial charge in [0.2, 0.25) is 0 Å². The number of nitrogens with one attached hydrogen (secondary N) is 2. The summed E-state index contributed by atoms with van der Waals surface area (Å²) in [5, 5.41) is 13.6. The Labute approximate surface area is 124 Å². The Morgan fingerprint density at radius 3 is 2.65 bits per heavy atom. The molecule has 1 aromatic carbocycles. The van der Waals surface area contributed by atoms with Gasteiger partial charge in [-0.2, -0.15) is 0 Å². The minimum absolute atomic E-state index is 0.143. The number of anilines is 1. The van der Waals surface area contributed by atoms with Crippen LogP contribution < -0.4 is 10.6 Å². The Morgan fingerprint density at radius 2 is 2.00 bits per heavy atom. The van der Waals surface area contributed by atoms with Gasteiger partial charge in [0.15, 0.2) is 0 Å². The number of amides is 2. The molecule has 110 valence electrons. The molecule has 3 N–H and O–H groups in total. The van der Waals surface area contributed by atoms with Crippen molar-refractivity contribution in [1.82, 2.24) is 5.32 Å². The first-order valence-electron chi connectivity index (χ1n) is 6.20. The molecule has 0 aliphatic rings. The normalized spacial score (nSPS) is 10.1. The Hall–Kier alpha value is -1.63. The van der Waals surface area contributed by atoms with E-state index in [0.29, 0.717) is 29.5 Å². The van der Waals surface area contributed by atoms with E-state index in [1.54, 1.807) is 6.07 Å². The molecule has 7 heteroatoms. The smallest absolute Gasteiger partial charge is 0.319 e. The molecule has 0 atom stereocenters. The molecular formula is C13H16BrFN2O3. The van der Waals surface area contributed by atoms with Crippen LogP contribution in [0.5, 0.6) is 0 Å². The summed E-state index contributed by atoms with van der Waals surface area (Å²) < 4.78 is 13.6. The van der Waals surface area contributed by atoms with Gasteiger partial charge in [-0.15, -0.1) is 0 Å². The summed E-state index contributed by atoms with van der Waals surface area (Å²) in [5.74, 6) is -1.26. The van der Waals surface area contributed by atoms with Crippen LogP contribution in [-0.4, -0.2) is 23.7 Å². The summed E-state index contributed by atoms with van der Waals surface area (Å²) in [4.78, 5) is 21.8. The fraction of sp³-hybridized carbons (Fsp3) is 0.385. The lowest BCUT2D eigenvalue weighted by atomic mass is 10.2. The summed E-state index contributed by atoms with van der Waals surface area (Å²) >= 11 is 3.03. The highest BCUT2D eigenvalue weighted by Crippen LogP contribution is 2.19. The minimum atomic E-state index is -0.812. The first-order chi connectivity index (χ1) is 9.49. The van der Waals surface area contributed by atoms with Gasteiger partial charge in [0.05, 0.1) is 4.47 Å². The number of carbonyl (C=O) groups excluding carboxylic acids is 1. The van der Waals surface area contributed by atoms with E-state index in [9.17, 15) is 14.0 Å². The molecule has 1 aromatic rings. The summed E-state index contributed by atoms with van der Waals surface area (Å²) in [5.41, 5.74) is 0.370. The van der Waals surface area contributed by atoms with Crippen molar-refractivity contribution >= 4 is 33.6 Å². The number of carboxylic acids is 1. The zero-order valence-electron chi connectivity index (χ0n) is 10.8. The standard InChI is InChI=1S/C13H16BrFN2O3/c14-10-6-5-9(8-11(10)15)17-13(20)16-7-3-1-2-4-12(18)19/h5-6,8H,1-4,7H2,(H,18,19)(H2,16,17,20). The number of hydrogen-bond acceptors (Lipinski definition) is 2. The van der Waals surface area contributed by atoms with E-state index >= 15 is 0 Å². The van der Waals surface area contributed by atoms with Gasteiger partial charge in [-0.3, -0.25) is 4.79 Å². The first-order valence-corrected chi connectivity index (χ1v) is 7.00. The Kier molecular flexibility index (Phi) is 7.00. The zero-order chi connectivity index (χ0) is 15.0. The van der Waals surface area contributed by atoms with Crippen molar-refractivity contribution in [2.24, 2.45) is 0 Å². The molecule has 0 radical (unpaired) electrons. The Balaban J connectivity index is 2.20. The van der Waals surface area contributed by atoms with Crippen molar-refractivity contribution in [1.29, 1.82) is 0 Å². The Bertz CT molecular complexity index is 483. The molecule has 2 amide bonds. The highest BCUT2D eigenvalue weighted by Gasteiger charge is 2.04. The molecule has 20 heavy (non-hydrogen) atoms. The van der Waals surface area contributed by atoms with E-state index in [1.807, 2.05) is 0 Å².